The van der Waals surface area contributed by atoms with Crippen LogP contribution in [0.25, 0.3) is 0 Å². The Balaban J connectivity index is 1.96. The Morgan fingerprint density at radius 2 is 2.27 bits per heavy atom. The fourth-order valence-electron chi connectivity index (χ4n) is 1.26. The number of aryl methyl sites for hydroxylation is 1. The van der Waals surface area contributed by atoms with Crippen LogP contribution in [-0.4, -0.2) is 33.6 Å². The molecule has 5 heteroatoms. The molecular formula is C10H20N4S. The summed E-state index contributed by atoms with van der Waals surface area (Å²) in [5.41, 5.74) is 0. The molecule has 1 aromatic rings. The van der Waals surface area contributed by atoms with Crippen LogP contribution >= 0.6 is 11.8 Å². The predicted molar refractivity (Wildman–Crippen MR) is 64.1 cm³/mol. The van der Waals surface area contributed by atoms with Crippen LogP contribution in [0.5, 0.6) is 0 Å². The van der Waals surface area contributed by atoms with Crippen molar-refractivity contribution in [2.24, 2.45) is 7.05 Å². The average Bonchev–Trinajstić information content (AvgIpc) is 2.63. The summed E-state index contributed by atoms with van der Waals surface area (Å²) in [5, 5.41) is 8.44. The summed E-state index contributed by atoms with van der Waals surface area (Å²) in [7, 11) is 1.92. The molecule has 0 spiro atoms. The van der Waals surface area contributed by atoms with Crippen molar-refractivity contribution in [3.05, 3.63) is 6.33 Å². The van der Waals surface area contributed by atoms with E-state index < -0.39 is 0 Å². The molecule has 4 nitrogen and oxygen atoms in total. The number of thioether (sulfide) groups is 1. The number of nitrogens with zero attached hydrogens (tertiary/aromatic N) is 3. The Bertz CT molecular complexity index is 262. The molecule has 0 fully saturated rings. The number of nitrogens with one attached hydrogen (secondary N) is 1. The van der Waals surface area contributed by atoms with Gasteiger partial charge < -0.3 is 5.32 Å². The summed E-state index contributed by atoms with van der Waals surface area (Å²) in [5.74, 6) is 1.05. The lowest BCUT2D eigenvalue weighted by Crippen LogP contribution is -2.18. The maximum absolute atomic E-state index is 4.15. The molecule has 0 aromatic carbocycles. The van der Waals surface area contributed by atoms with E-state index in [1.165, 1.54) is 19.3 Å². The first-order valence-corrected chi connectivity index (χ1v) is 6.50. The first-order chi connectivity index (χ1) is 7.34. The zero-order valence-electron chi connectivity index (χ0n) is 9.57. The molecule has 0 amide bonds. The highest BCUT2D eigenvalue weighted by Gasteiger charge is 1.99. The summed E-state index contributed by atoms with van der Waals surface area (Å²) in [4.78, 5) is 4.15. The summed E-state index contributed by atoms with van der Waals surface area (Å²) in [6.07, 6.45) is 5.49. The van der Waals surface area contributed by atoms with Gasteiger partial charge in [-0.1, -0.05) is 31.5 Å². The maximum atomic E-state index is 4.15. The number of hydrogen-bond donors (Lipinski definition) is 1. The van der Waals surface area contributed by atoms with E-state index in [1.54, 1.807) is 18.1 Å². The van der Waals surface area contributed by atoms with Gasteiger partial charge in [-0.3, -0.25) is 0 Å². The van der Waals surface area contributed by atoms with Gasteiger partial charge >= 0.3 is 0 Å². The molecule has 86 valence electrons. The normalized spacial score (nSPS) is 10.8. The van der Waals surface area contributed by atoms with Gasteiger partial charge in [0.05, 0.1) is 0 Å². The molecule has 0 atom stereocenters. The summed E-state index contributed by atoms with van der Waals surface area (Å²) in [6.45, 7) is 4.40. The van der Waals surface area contributed by atoms with Crippen molar-refractivity contribution in [1.29, 1.82) is 0 Å². The first kappa shape index (κ1) is 12.5. The molecule has 15 heavy (non-hydrogen) atoms. The average molecular weight is 228 g/mol. The molecule has 0 aliphatic rings. The second-order valence-electron chi connectivity index (χ2n) is 3.47. The van der Waals surface area contributed by atoms with Crippen molar-refractivity contribution in [2.75, 3.05) is 18.8 Å². The molecule has 0 saturated carbocycles. The van der Waals surface area contributed by atoms with Crippen LogP contribution < -0.4 is 5.32 Å². The van der Waals surface area contributed by atoms with Crippen LogP contribution in [0.1, 0.15) is 26.2 Å². The molecule has 1 aromatic heterocycles. The van der Waals surface area contributed by atoms with Gasteiger partial charge in [-0.2, -0.15) is 5.10 Å². The monoisotopic (exact) mass is 228 g/mol. The third-order valence-electron chi connectivity index (χ3n) is 2.14. The van der Waals surface area contributed by atoms with Crippen molar-refractivity contribution in [3.63, 3.8) is 0 Å². The topological polar surface area (TPSA) is 42.7 Å². The van der Waals surface area contributed by atoms with Crippen molar-refractivity contribution in [3.8, 4) is 0 Å². The SMILES string of the molecule is CCCCCNCCSc1ncnn1C. The Kier molecular flexibility index (Phi) is 6.43. The second kappa shape index (κ2) is 7.70. The first-order valence-electron chi connectivity index (χ1n) is 5.52. The van der Waals surface area contributed by atoms with Crippen molar-refractivity contribution >= 4 is 11.8 Å². The van der Waals surface area contributed by atoms with Gasteiger partial charge in [-0.05, 0) is 13.0 Å². The number of unbranched alkanes of at least 4 members (excludes halogenated alkanes) is 2. The van der Waals surface area contributed by atoms with Crippen LogP contribution in [0.4, 0.5) is 0 Å². The van der Waals surface area contributed by atoms with Crippen LogP contribution in [0, 0.1) is 0 Å². The van der Waals surface area contributed by atoms with E-state index in [0.29, 0.717) is 0 Å². The Labute approximate surface area is 95.9 Å². The Morgan fingerprint density at radius 1 is 1.40 bits per heavy atom. The number of hydrogen-bond acceptors (Lipinski definition) is 4. The highest BCUT2D eigenvalue weighted by Crippen LogP contribution is 2.11. The molecule has 0 bridgehead atoms. The highest BCUT2D eigenvalue weighted by atomic mass is 32.2. The number of rotatable bonds is 8. The molecule has 0 unspecified atom stereocenters. The molecule has 0 aliphatic carbocycles. The standard InChI is InChI=1S/C10H20N4S/c1-3-4-5-6-11-7-8-15-10-12-9-13-14(10)2/h9,11H,3-8H2,1-2H3. The van der Waals surface area contributed by atoms with E-state index in [9.17, 15) is 0 Å². The molecule has 1 rings (SSSR count). The summed E-state index contributed by atoms with van der Waals surface area (Å²) < 4.78 is 1.81. The van der Waals surface area contributed by atoms with E-state index in [-0.39, 0.29) is 0 Å². The van der Waals surface area contributed by atoms with Crippen LogP contribution in [-0.2, 0) is 7.05 Å². The Hall–Kier alpha value is -0.550. The van der Waals surface area contributed by atoms with E-state index in [0.717, 1.165) is 24.0 Å². The third kappa shape index (κ3) is 5.18. The molecule has 0 aliphatic heterocycles. The molecule has 1 heterocycles. The Morgan fingerprint density at radius 3 is 2.93 bits per heavy atom. The van der Waals surface area contributed by atoms with Gasteiger partial charge in [-0.25, -0.2) is 9.67 Å². The van der Waals surface area contributed by atoms with Gasteiger partial charge in [0.25, 0.3) is 0 Å². The van der Waals surface area contributed by atoms with E-state index in [4.69, 9.17) is 0 Å². The number of aromatic nitrogens is 3. The van der Waals surface area contributed by atoms with Crippen molar-refractivity contribution in [1.82, 2.24) is 20.1 Å². The smallest absolute Gasteiger partial charge is 0.185 e. The third-order valence-corrected chi connectivity index (χ3v) is 3.17. The largest absolute Gasteiger partial charge is 0.316 e. The van der Waals surface area contributed by atoms with Crippen LogP contribution in [0.15, 0.2) is 11.5 Å². The fraction of sp³-hybridized carbons (Fsp3) is 0.800. The van der Waals surface area contributed by atoms with Gasteiger partial charge in [0, 0.05) is 19.3 Å². The molecule has 0 saturated heterocycles. The lowest BCUT2D eigenvalue weighted by molar-refractivity contribution is 0.634. The predicted octanol–water partition coefficient (Wildman–Crippen LogP) is 1.69. The molecular weight excluding hydrogens is 208 g/mol. The lowest BCUT2D eigenvalue weighted by atomic mass is 10.2. The maximum Gasteiger partial charge on any atom is 0.185 e. The minimum absolute atomic E-state index is 0.991. The van der Waals surface area contributed by atoms with Crippen molar-refractivity contribution in [2.45, 2.75) is 31.3 Å². The fourth-order valence-corrected chi connectivity index (χ4v) is 2.04. The van der Waals surface area contributed by atoms with Gasteiger partial charge in [0.1, 0.15) is 6.33 Å². The highest BCUT2D eigenvalue weighted by molar-refractivity contribution is 7.99. The minimum Gasteiger partial charge on any atom is -0.316 e. The van der Waals surface area contributed by atoms with Crippen molar-refractivity contribution < 1.29 is 0 Å². The van der Waals surface area contributed by atoms with Crippen LogP contribution in [0.3, 0.4) is 0 Å². The summed E-state index contributed by atoms with van der Waals surface area (Å²) >= 11 is 1.74. The summed E-state index contributed by atoms with van der Waals surface area (Å²) in [6, 6.07) is 0. The lowest BCUT2D eigenvalue weighted by Gasteiger charge is -2.03. The van der Waals surface area contributed by atoms with Crippen LogP contribution in [0.2, 0.25) is 0 Å². The zero-order chi connectivity index (χ0) is 10.9. The van der Waals surface area contributed by atoms with Gasteiger partial charge in [0.2, 0.25) is 0 Å². The molecule has 0 radical (unpaired) electrons. The van der Waals surface area contributed by atoms with E-state index >= 15 is 0 Å². The quantitative estimate of drug-likeness (QED) is 0.543. The van der Waals surface area contributed by atoms with Gasteiger partial charge in [-0.15, -0.1) is 0 Å². The van der Waals surface area contributed by atoms with E-state index in [1.807, 2.05) is 11.7 Å². The van der Waals surface area contributed by atoms with Gasteiger partial charge in [0.15, 0.2) is 5.16 Å². The van der Waals surface area contributed by atoms with E-state index in [2.05, 4.69) is 22.3 Å². The zero-order valence-corrected chi connectivity index (χ0v) is 10.4. The molecule has 1 N–H and O–H groups in total. The minimum atomic E-state index is 0.991. The second-order valence-corrected chi connectivity index (χ2v) is 4.53.